The van der Waals surface area contributed by atoms with E-state index in [0.29, 0.717) is 24.7 Å². The van der Waals surface area contributed by atoms with E-state index in [0.717, 1.165) is 17.2 Å². The van der Waals surface area contributed by atoms with Crippen molar-refractivity contribution < 1.29 is 19.4 Å². The van der Waals surface area contributed by atoms with Crippen molar-refractivity contribution in [1.29, 1.82) is 0 Å². The number of ether oxygens (including phenoxy) is 2. The van der Waals surface area contributed by atoms with Gasteiger partial charge in [-0.2, -0.15) is 0 Å². The highest BCUT2D eigenvalue weighted by molar-refractivity contribution is 5.89. The molecule has 0 spiro atoms. The van der Waals surface area contributed by atoms with Crippen molar-refractivity contribution in [3.05, 3.63) is 24.4 Å². The van der Waals surface area contributed by atoms with Gasteiger partial charge in [0, 0.05) is 18.0 Å². The van der Waals surface area contributed by atoms with Crippen LogP contribution in [-0.4, -0.2) is 35.8 Å². The predicted molar refractivity (Wildman–Crippen MR) is 76.6 cm³/mol. The SMILES string of the molecule is COc1cc2c(OCC3CCC(=O)N3)nccc2cc1O. The number of hydrogen-bond acceptors (Lipinski definition) is 5. The first kappa shape index (κ1) is 13.5. The molecule has 1 atom stereocenters. The molecule has 1 amide bonds. The minimum atomic E-state index is 0.0218. The Morgan fingerprint density at radius 2 is 2.33 bits per heavy atom. The van der Waals surface area contributed by atoms with Gasteiger partial charge in [-0.05, 0) is 30.0 Å². The Morgan fingerprint density at radius 1 is 1.48 bits per heavy atom. The summed E-state index contributed by atoms with van der Waals surface area (Å²) in [7, 11) is 1.49. The van der Waals surface area contributed by atoms with Crippen LogP contribution >= 0.6 is 0 Å². The van der Waals surface area contributed by atoms with Crippen LogP contribution in [0.4, 0.5) is 0 Å². The van der Waals surface area contributed by atoms with E-state index >= 15 is 0 Å². The summed E-state index contributed by atoms with van der Waals surface area (Å²) < 4.78 is 10.8. The highest BCUT2D eigenvalue weighted by Gasteiger charge is 2.21. The zero-order valence-corrected chi connectivity index (χ0v) is 11.6. The van der Waals surface area contributed by atoms with Crippen molar-refractivity contribution in [2.24, 2.45) is 0 Å². The third kappa shape index (κ3) is 2.69. The molecular weight excluding hydrogens is 272 g/mol. The average molecular weight is 288 g/mol. The van der Waals surface area contributed by atoms with E-state index in [4.69, 9.17) is 9.47 Å². The van der Waals surface area contributed by atoms with Gasteiger partial charge in [-0.3, -0.25) is 4.79 Å². The summed E-state index contributed by atoms with van der Waals surface area (Å²) in [6.45, 7) is 0.376. The number of carbonyl (C=O) groups is 1. The van der Waals surface area contributed by atoms with Crippen molar-refractivity contribution in [3.8, 4) is 17.4 Å². The number of nitrogens with one attached hydrogen (secondary N) is 1. The first-order chi connectivity index (χ1) is 10.2. The number of phenolic OH excluding ortho intramolecular Hbond substituents is 1. The Bertz CT molecular complexity index is 687. The summed E-state index contributed by atoms with van der Waals surface area (Å²) in [6, 6.07) is 5.12. The van der Waals surface area contributed by atoms with Crippen LogP contribution in [0.2, 0.25) is 0 Å². The molecule has 110 valence electrons. The van der Waals surface area contributed by atoms with E-state index < -0.39 is 0 Å². The topological polar surface area (TPSA) is 80.7 Å². The molecule has 3 rings (SSSR count). The molecule has 0 saturated carbocycles. The molecule has 1 aliphatic heterocycles. The Balaban J connectivity index is 1.85. The van der Waals surface area contributed by atoms with Gasteiger partial charge in [0.25, 0.3) is 0 Å². The van der Waals surface area contributed by atoms with Gasteiger partial charge in [0.15, 0.2) is 11.5 Å². The van der Waals surface area contributed by atoms with Crippen LogP contribution in [0.3, 0.4) is 0 Å². The average Bonchev–Trinajstić information content (AvgIpc) is 2.90. The first-order valence-electron chi connectivity index (χ1n) is 6.75. The quantitative estimate of drug-likeness (QED) is 0.893. The first-order valence-corrected chi connectivity index (χ1v) is 6.75. The lowest BCUT2D eigenvalue weighted by Gasteiger charge is -2.13. The van der Waals surface area contributed by atoms with Crippen molar-refractivity contribution in [2.45, 2.75) is 18.9 Å². The molecule has 2 aromatic rings. The fraction of sp³-hybridized carbons (Fsp3) is 0.333. The number of rotatable bonds is 4. The predicted octanol–water partition coefficient (Wildman–Crippen LogP) is 1.61. The molecule has 1 saturated heterocycles. The number of nitrogens with zero attached hydrogens (tertiary/aromatic N) is 1. The lowest BCUT2D eigenvalue weighted by atomic mass is 10.1. The zero-order chi connectivity index (χ0) is 14.8. The third-order valence-electron chi connectivity index (χ3n) is 3.53. The third-order valence-corrected chi connectivity index (χ3v) is 3.53. The Kier molecular flexibility index (Phi) is 3.51. The minimum Gasteiger partial charge on any atom is -0.504 e. The number of fused-ring (bicyclic) bond motifs is 1. The monoisotopic (exact) mass is 288 g/mol. The smallest absolute Gasteiger partial charge is 0.221 e. The molecule has 1 unspecified atom stereocenters. The van der Waals surface area contributed by atoms with Crippen LogP contribution in [0.25, 0.3) is 10.8 Å². The molecule has 1 aromatic heterocycles. The van der Waals surface area contributed by atoms with Gasteiger partial charge in [0.05, 0.1) is 13.2 Å². The van der Waals surface area contributed by atoms with Crippen molar-refractivity contribution in [3.63, 3.8) is 0 Å². The van der Waals surface area contributed by atoms with E-state index in [1.807, 2.05) is 0 Å². The number of amides is 1. The zero-order valence-electron chi connectivity index (χ0n) is 11.6. The van der Waals surface area contributed by atoms with Crippen LogP contribution < -0.4 is 14.8 Å². The van der Waals surface area contributed by atoms with Gasteiger partial charge in [0.2, 0.25) is 11.8 Å². The summed E-state index contributed by atoms with van der Waals surface area (Å²) in [5.41, 5.74) is 0. The number of hydrogen-bond donors (Lipinski definition) is 2. The number of benzene rings is 1. The van der Waals surface area contributed by atoms with Crippen molar-refractivity contribution >= 4 is 16.7 Å². The van der Waals surface area contributed by atoms with Crippen LogP contribution in [0.1, 0.15) is 12.8 Å². The number of aromatic nitrogens is 1. The van der Waals surface area contributed by atoms with Crippen LogP contribution in [0.5, 0.6) is 17.4 Å². The van der Waals surface area contributed by atoms with E-state index in [1.54, 1.807) is 24.4 Å². The maximum absolute atomic E-state index is 11.2. The van der Waals surface area contributed by atoms with Gasteiger partial charge in [-0.15, -0.1) is 0 Å². The second-order valence-electron chi connectivity index (χ2n) is 4.98. The van der Waals surface area contributed by atoms with E-state index in [2.05, 4.69) is 10.3 Å². The molecule has 0 radical (unpaired) electrons. The highest BCUT2D eigenvalue weighted by atomic mass is 16.5. The summed E-state index contributed by atoms with van der Waals surface area (Å²) in [5.74, 6) is 0.966. The van der Waals surface area contributed by atoms with Crippen LogP contribution in [0, 0.1) is 0 Å². The van der Waals surface area contributed by atoms with Gasteiger partial charge < -0.3 is 19.9 Å². The minimum absolute atomic E-state index is 0.0218. The Hall–Kier alpha value is -2.50. The molecule has 0 aliphatic carbocycles. The number of carbonyl (C=O) groups excluding carboxylic acids is 1. The normalized spacial score (nSPS) is 17.8. The molecule has 21 heavy (non-hydrogen) atoms. The van der Waals surface area contributed by atoms with Gasteiger partial charge in [-0.1, -0.05) is 0 Å². The van der Waals surface area contributed by atoms with Gasteiger partial charge >= 0.3 is 0 Å². The van der Waals surface area contributed by atoms with Crippen LogP contribution in [0.15, 0.2) is 24.4 Å². The summed E-state index contributed by atoms with van der Waals surface area (Å²) >= 11 is 0. The van der Waals surface area contributed by atoms with Crippen molar-refractivity contribution in [1.82, 2.24) is 10.3 Å². The number of methoxy groups -OCH3 is 1. The molecule has 6 nitrogen and oxygen atoms in total. The van der Waals surface area contributed by atoms with Gasteiger partial charge in [-0.25, -0.2) is 4.98 Å². The number of aromatic hydroxyl groups is 1. The molecule has 1 aromatic carbocycles. The molecule has 0 bridgehead atoms. The molecular formula is C15H16N2O4. The second kappa shape index (κ2) is 5.47. The molecule has 6 heteroatoms. The lowest BCUT2D eigenvalue weighted by molar-refractivity contribution is -0.119. The standard InChI is InChI=1S/C15H16N2O4/c1-20-13-7-11-9(6-12(13)18)4-5-16-15(11)21-8-10-2-3-14(19)17-10/h4-7,10,18H,2-3,8H2,1H3,(H,17,19). The largest absolute Gasteiger partial charge is 0.504 e. The molecule has 1 fully saturated rings. The second-order valence-corrected chi connectivity index (χ2v) is 4.98. The number of pyridine rings is 1. The maximum atomic E-state index is 11.2. The summed E-state index contributed by atoms with van der Waals surface area (Å²) in [5, 5.41) is 14.2. The fourth-order valence-corrected chi connectivity index (χ4v) is 2.42. The van der Waals surface area contributed by atoms with Crippen LogP contribution in [-0.2, 0) is 4.79 Å². The molecule has 2 N–H and O–H groups in total. The lowest BCUT2D eigenvalue weighted by Crippen LogP contribution is -2.31. The molecule has 1 aliphatic rings. The highest BCUT2D eigenvalue weighted by Crippen LogP contribution is 2.34. The maximum Gasteiger partial charge on any atom is 0.221 e. The summed E-state index contributed by atoms with van der Waals surface area (Å²) in [4.78, 5) is 15.4. The summed E-state index contributed by atoms with van der Waals surface area (Å²) in [6.07, 6.45) is 2.93. The Morgan fingerprint density at radius 3 is 3.05 bits per heavy atom. The van der Waals surface area contributed by atoms with Crippen molar-refractivity contribution in [2.75, 3.05) is 13.7 Å². The fourth-order valence-electron chi connectivity index (χ4n) is 2.42. The molecule has 2 heterocycles. The Labute approximate surface area is 121 Å². The van der Waals surface area contributed by atoms with Gasteiger partial charge in [0.1, 0.15) is 6.61 Å². The number of phenols is 1. The van der Waals surface area contributed by atoms with E-state index in [1.165, 1.54) is 7.11 Å². The van der Waals surface area contributed by atoms with E-state index in [9.17, 15) is 9.90 Å². The van der Waals surface area contributed by atoms with E-state index in [-0.39, 0.29) is 17.7 Å².